The normalized spacial score (nSPS) is 18.4. The molecule has 0 saturated heterocycles. The van der Waals surface area contributed by atoms with Crippen LogP contribution < -0.4 is 0 Å². The lowest BCUT2D eigenvalue weighted by Gasteiger charge is -2.14. The molecule has 3 aromatic rings. The van der Waals surface area contributed by atoms with E-state index < -0.39 is 0 Å². The van der Waals surface area contributed by atoms with Gasteiger partial charge in [-0.25, -0.2) is 0 Å². The Labute approximate surface area is 112 Å². The second-order valence-corrected chi connectivity index (χ2v) is 5.10. The van der Waals surface area contributed by atoms with E-state index in [-0.39, 0.29) is 0 Å². The number of nitrogens with one attached hydrogen (secondary N) is 1. The summed E-state index contributed by atoms with van der Waals surface area (Å²) < 4.78 is 0. The van der Waals surface area contributed by atoms with Gasteiger partial charge in [-0.1, -0.05) is 54.6 Å². The zero-order valence-electron chi connectivity index (χ0n) is 10.6. The number of hydrogen-bond acceptors (Lipinski definition) is 0. The minimum Gasteiger partial charge on any atom is -0.355 e. The Bertz CT molecular complexity index is 805. The first-order chi connectivity index (χ1) is 9.43. The third-order valence-corrected chi connectivity index (χ3v) is 3.94. The molecular weight excluding hydrogens is 230 g/mol. The number of hydrogen-bond donors (Lipinski definition) is 1. The first-order valence-corrected chi connectivity index (χ1v) is 6.76. The van der Waals surface area contributed by atoms with E-state index in [2.05, 4.69) is 71.8 Å². The van der Waals surface area contributed by atoms with E-state index in [9.17, 15) is 0 Å². The summed E-state index contributed by atoms with van der Waals surface area (Å²) in [5, 5.41) is 2.71. The third-order valence-electron chi connectivity index (χ3n) is 3.94. The molecule has 1 atom stereocenters. The number of fused-ring (bicyclic) bond motifs is 3. The molecule has 1 heterocycles. The summed E-state index contributed by atoms with van der Waals surface area (Å²) in [6.45, 7) is 0. The topological polar surface area (TPSA) is 15.8 Å². The molecular formula is C18H15N. The molecule has 92 valence electrons. The van der Waals surface area contributed by atoms with Crippen LogP contribution in [0.1, 0.15) is 17.9 Å². The molecule has 2 aromatic carbocycles. The summed E-state index contributed by atoms with van der Waals surface area (Å²) in [6, 6.07) is 15.1. The maximum atomic E-state index is 3.52. The van der Waals surface area contributed by atoms with Crippen molar-refractivity contribution in [2.24, 2.45) is 0 Å². The summed E-state index contributed by atoms with van der Waals surface area (Å²) in [7, 11) is 0. The van der Waals surface area contributed by atoms with Gasteiger partial charge >= 0.3 is 0 Å². The van der Waals surface area contributed by atoms with E-state index in [1.165, 1.54) is 27.4 Å². The number of benzene rings is 2. The van der Waals surface area contributed by atoms with Crippen LogP contribution in [0.4, 0.5) is 0 Å². The van der Waals surface area contributed by atoms with Crippen LogP contribution in [-0.4, -0.2) is 4.98 Å². The summed E-state index contributed by atoms with van der Waals surface area (Å²) >= 11 is 0. The van der Waals surface area contributed by atoms with E-state index in [0.29, 0.717) is 5.92 Å². The second kappa shape index (κ2) is 4.13. The Morgan fingerprint density at radius 1 is 0.895 bits per heavy atom. The largest absolute Gasteiger partial charge is 0.355 e. The number of rotatable bonds is 1. The molecule has 1 aromatic heterocycles. The standard InChI is InChI=1S/C18H15N/c1-2-7-13(8-3-1)14-10-6-12-17-18(14)15-9-4-5-11-16(15)19-17/h1-7,9-13,19H,8H2. The van der Waals surface area contributed by atoms with Crippen LogP contribution in [0.2, 0.25) is 0 Å². The van der Waals surface area contributed by atoms with Crippen molar-refractivity contribution in [2.75, 3.05) is 0 Å². The Kier molecular flexibility index (Phi) is 2.31. The molecule has 1 aliphatic rings. The maximum Gasteiger partial charge on any atom is 0.0467 e. The number of aromatic amines is 1. The van der Waals surface area contributed by atoms with Crippen LogP contribution in [0.5, 0.6) is 0 Å². The summed E-state index contributed by atoms with van der Waals surface area (Å²) in [6.07, 6.45) is 9.93. The molecule has 0 saturated carbocycles. The predicted octanol–water partition coefficient (Wildman–Crippen LogP) is 4.92. The zero-order chi connectivity index (χ0) is 12.7. The van der Waals surface area contributed by atoms with Gasteiger partial charge in [0.15, 0.2) is 0 Å². The lowest BCUT2D eigenvalue weighted by atomic mass is 9.89. The molecule has 0 spiro atoms. The van der Waals surface area contributed by atoms with E-state index in [0.717, 1.165) is 6.42 Å². The quantitative estimate of drug-likeness (QED) is 0.626. The van der Waals surface area contributed by atoms with Gasteiger partial charge in [-0.2, -0.15) is 0 Å². The van der Waals surface area contributed by atoms with E-state index in [4.69, 9.17) is 0 Å². The van der Waals surface area contributed by atoms with Crippen molar-refractivity contribution in [3.63, 3.8) is 0 Å². The molecule has 0 aliphatic heterocycles. The van der Waals surface area contributed by atoms with E-state index in [1.807, 2.05) is 0 Å². The van der Waals surface area contributed by atoms with Crippen molar-refractivity contribution < 1.29 is 0 Å². The first-order valence-electron chi connectivity index (χ1n) is 6.76. The lowest BCUT2D eigenvalue weighted by Crippen LogP contribution is -1.96. The van der Waals surface area contributed by atoms with Gasteiger partial charge in [-0.05, 0) is 24.1 Å². The van der Waals surface area contributed by atoms with Gasteiger partial charge in [0.25, 0.3) is 0 Å². The molecule has 0 bridgehead atoms. The Morgan fingerprint density at radius 3 is 2.68 bits per heavy atom. The van der Waals surface area contributed by atoms with Crippen molar-refractivity contribution in [1.29, 1.82) is 0 Å². The van der Waals surface area contributed by atoms with E-state index in [1.54, 1.807) is 0 Å². The van der Waals surface area contributed by atoms with Crippen LogP contribution in [0, 0.1) is 0 Å². The fourth-order valence-corrected chi connectivity index (χ4v) is 3.05. The molecule has 0 fully saturated rings. The van der Waals surface area contributed by atoms with Crippen LogP contribution in [0.3, 0.4) is 0 Å². The average Bonchev–Trinajstić information content (AvgIpc) is 2.86. The van der Waals surface area contributed by atoms with Crippen LogP contribution in [0.15, 0.2) is 66.8 Å². The Morgan fingerprint density at radius 2 is 1.79 bits per heavy atom. The summed E-state index contributed by atoms with van der Waals surface area (Å²) in [5.41, 5.74) is 3.89. The van der Waals surface area contributed by atoms with Gasteiger partial charge in [-0.3, -0.25) is 0 Å². The second-order valence-electron chi connectivity index (χ2n) is 5.10. The first kappa shape index (κ1) is 10.6. The number of para-hydroxylation sites is 1. The monoisotopic (exact) mass is 245 g/mol. The molecule has 1 aliphatic carbocycles. The van der Waals surface area contributed by atoms with Crippen molar-refractivity contribution in [3.8, 4) is 0 Å². The average molecular weight is 245 g/mol. The van der Waals surface area contributed by atoms with E-state index >= 15 is 0 Å². The molecule has 19 heavy (non-hydrogen) atoms. The highest BCUT2D eigenvalue weighted by Crippen LogP contribution is 2.35. The van der Waals surface area contributed by atoms with Gasteiger partial charge in [-0.15, -0.1) is 0 Å². The highest BCUT2D eigenvalue weighted by molar-refractivity contribution is 6.09. The van der Waals surface area contributed by atoms with Gasteiger partial charge in [0, 0.05) is 27.7 Å². The summed E-state index contributed by atoms with van der Waals surface area (Å²) in [4.78, 5) is 3.52. The smallest absolute Gasteiger partial charge is 0.0467 e. The molecule has 0 radical (unpaired) electrons. The van der Waals surface area contributed by atoms with Crippen molar-refractivity contribution in [3.05, 3.63) is 72.3 Å². The highest BCUT2D eigenvalue weighted by Gasteiger charge is 2.14. The molecule has 1 unspecified atom stereocenters. The number of H-pyrrole nitrogens is 1. The van der Waals surface area contributed by atoms with Crippen LogP contribution in [0.25, 0.3) is 21.8 Å². The Hall–Kier alpha value is -2.28. The van der Waals surface area contributed by atoms with Crippen molar-refractivity contribution >= 4 is 21.8 Å². The van der Waals surface area contributed by atoms with Crippen LogP contribution in [-0.2, 0) is 0 Å². The zero-order valence-corrected chi connectivity index (χ0v) is 10.6. The SMILES string of the molecule is C1=CCC(c2cccc3[nH]c4ccccc4c23)C=C1. The molecule has 1 N–H and O–H groups in total. The summed E-state index contributed by atoms with van der Waals surface area (Å²) in [5.74, 6) is 0.493. The van der Waals surface area contributed by atoms with Crippen LogP contribution >= 0.6 is 0 Å². The fraction of sp³-hybridized carbons (Fsp3) is 0.111. The van der Waals surface area contributed by atoms with Gasteiger partial charge in [0.2, 0.25) is 0 Å². The maximum absolute atomic E-state index is 3.52. The minimum absolute atomic E-state index is 0.493. The minimum atomic E-state index is 0.493. The Balaban J connectivity index is 2.04. The number of allylic oxidation sites excluding steroid dienone is 4. The molecule has 1 heteroatoms. The van der Waals surface area contributed by atoms with Crippen molar-refractivity contribution in [1.82, 2.24) is 4.98 Å². The van der Waals surface area contributed by atoms with Gasteiger partial charge < -0.3 is 4.98 Å². The lowest BCUT2D eigenvalue weighted by molar-refractivity contribution is 0.863. The molecule has 1 nitrogen and oxygen atoms in total. The molecule has 4 rings (SSSR count). The predicted molar refractivity (Wildman–Crippen MR) is 81.4 cm³/mol. The third kappa shape index (κ3) is 1.62. The number of aromatic nitrogens is 1. The molecule has 0 amide bonds. The van der Waals surface area contributed by atoms with Crippen molar-refractivity contribution in [2.45, 2.75) is 12.3 Å². The van der Waals surface area contributed by atoms with Gasteiger partial charge in [0.05, 0.1) is 0 Å². The van der Waals surface area contributed by atoms with Gasteiger partial charge in [0.1, 0.15) is 0 Å². The highest BCUT2D eigenvalue weighted by atomic mass is 14.7. The fourth-order valence-electron chi connectivity index (χ4n) is 3.05.